The molecule has 0 aromatic carbocycles. The zero-order chi connectivity index (χ0) is 15.0. The third-order valence-electron chi connectivity index (χ3n) is 2.47. The van der Waals surface area contributed by atoms with Crippen molar-refractivity contribution in [3.8, 4) is 0 Å². The first-order valence-electron chi connectivity index (χ1n) is 6.94. The van der Waals surface area contributed by atoms with Crippen molar-refractivity contribution in [2.24, 2.45) is 5.92 Å². The maximum Gasteiger partial charge on any atom is 0.144 e. The third-order valence-corrected chi connectivity index (χ3v) is 4.67. The molecule has 0 atom stereocenters. The summed E-state index contributed by atoms with van der Waals surface area (Å²) in [7, 11) is 1.68. The number of ether oxygens (including phenoxy) is 1. The van der Waals surface area contributed by atoms with Crippen LogP contribution >= 0.6 is 27.7 Å². The van der Waals surface area contributed by atoms with E-state index in [-0.39, 0.29) is 0 Å². The van der Waals surface area contributed by atoms with E-state index < -0.39 is 0 Å². The first-order chi connectivity index (χ1) is 9.58. The summed E-state index contributed by atoms with van der Waals surface area (Å²) < 4.78 is 6.12. The van der Waals surface area contributed by atoms with Crippen LogP contribution in [0.25, 0.3) is 0 Å². The molecule has 20 heavy (non-hydrogen) atoms. The number of nitrogens with zero attached hydrogens (tertiary/aromatic N) is 2. The van der Waals surface area contributed by atoms with Crippen molar-refractivity contribution in [1.29, 1.82) is 0 Å². The molecule has 0 bridgehead atoms. The molecule has 0 aliphatic rings. The van der Waals surface area contributed by atoms with E-state index in [2.05, 4.69) is 52.0 Å². The van der Waals surface area contributed by atoms with Gasteiger partial charge >= 0.3 is 0 Å². The van der Waals surface area contributed by atoms with Gasteiger partial charge in [0.05, 0.1) is 22.5 Å². The summed E-state index contributed by atoms with van der Waals surface area (Å²) in [4.78, 5) is 9.19. The number of thioether (sulfide) groups is 1. The molecule has 0 unspecified atom stereocenters. The molecule has 0 saturated carbocycles. The van der Waals surface area contributed by atoms with Gasteiger partial charge in [-0.25, -0.2) is 9.97 Å². The van der Waals surface area contributed by atoms with Gasteiger partial charge in [0.2, 0.25) is 0 Å². The molecule has 1 rings (SSSR count). The zero-order valence-electron chi connectivity index (χ0n) is 12.7. The molecule has 0 spiro atoms. The van der Waals surface area contributed by atoms with Crippen molar-refractivity contribution in [3.63, 3.8) is 0 Å². The molecular formula is C14H24BrN3OS. The minimum Gasteiger partial charge on any atom is -0.378 e. The van der Waals surface area contributed by atoms with Gasteiger partial charge in [0.15, 0.2) is 0 Å². The van der Waals surface area contributed by atoms with Crippen molar-refractivity contribution in [2.45, 2.75) is 39.6 Å². The molecular weight excluding hydrogens is 338 g/mol. The van der Waals surface area contributed by atoms with Crippen LogP contribution in [-0.4, -0.2) is 29.4 Å². The van der Waals surface area contributed by atoms with E-state index >= 15 is 0 Å². The molecule has 0 aliphatic heterocycles. The summed E-state index contributed by atoms with van der Waals surface area (Å²) in [6.07, 6.45) is 1.06. The van der Waals surface area contributed by atoms with Crippen LogP contribution in [0.15, 0.2) is 4.47 Å². The molecule has 0 radical (unpaired) electrons. The number of halogens is 1. The monoisotopic (exact) mass is 361 g/mol. The summed E-state index contributed by atoms with van der Waals surface area (Å²) in [5, 5.41) is 3.34. The van der Waals surface area contributed by atoms with Gasteiger partial charge < -0.3 is 10.1 Å². The van der Waals surface area contributed by atoms with Crippen molar-refractivity contribution in [2.75, 3.05) is 24.7 Å². The summed E-state index contributed by atoms with van der Waals surface area (Å²) in [6, 6.07) is 0. The Bertz CT molecular complexity index is 416. The second-order valence-corrected chi connectivity index (χ2v) is 6.84. The fourth-order valence-corrected chi connectivity index (χ4v) is 2.92. The van der Waals surface area contributed by atoms with Gasteiger partial charge in [0.1, 0.15) is 11.6 Å². The smallest absolute Gasteiger partial charge is 0.144 e. The summed E-state index contributed by atoms with van der Waals surface area (Å²) in [6.45, 7) is 7.98. The van der Waals surface area contributed by atoms with Gasteiger partial charge in [-0.1, -0.05) is 20.8 Å². The molecule has 6 heteroatoms. The second-order valence-electron chi connectivity index (χ2n) is 5.02. The lowest BCUT2D eigenvalue weighted by Crippen LogP contribution is -2.09. The Morgan fingerprint density at radius 3 is 2.70 bits per heavy atom. The van der Waals surface area contributed by atoms with Crippen molar-refractivity contribution in [1.82, 2.24) is 9.97 Å². The van der Waals surface area contributed by atoms with Gasteiger partial charge in [0, 0.05) is 13.7 Å². The second kappa shape index (κ2) is 9.58. The fraction of sp³-hybridized carbons (Fsp3) is 0.714. The molecule has 0 fully saturated rings. The van der Waals surface area contributed by atoms with E-state index in [9.17, 15) is 0 Å². The van der Waals surface area contributed by atoms with Gasteiger partial charge in [-0.2, -0.15) is 11.8 Å². The molecule has 0 amide bonds. The average Bonchev–Trinajstić information content (AvgIpc) is 2.40. The first kappa shape index (κ1) is 17.7. The summed E-state index contributed by atoms with van der Waals surface area (Å²) in [5.74, 6) is 4.38. The van der Waals surface area contributed by atoms with E-state index in [0.29, 0.717) is 12.5 Å². The number of hydrogen-bond acceptors (Lipinski definition) is 5. The Labute approximate surface area is 134 Å². The van der Waals surface area contributed by atoms with E-state index in [0.717, 1.165) is 46.3 Å². The van der Waals surface area contributed by atoms with Crippen molar-refractivity contribution in [3.05, 3.63) is 16.0 Å². The number of nitrogens with one attached hydrogen (secondary N) is 1. The molecule has 1 aromatic heterocycles. The standard InChI is InChI=1S/C14H24BrN3OS/c1-5-6-16-14-13(15)11(7-19-4)17-12(18-14)9-20-8-10(2)3/h10H,5-9H2,1-4H3,(H,16,17,18). The fourth-order valence-electron chi connectivity index (χ4n) is 1.59. The molecule has 4 nitrogen and oxygen atoms in total. The van der Waals surface area contributed by atoms with Crippen LogP contribution in [0, 0.1) is 5.92 Å². The molecule has 1 heterocycles. The van der Waals surface area contributed by atoms with Crippen molar-refractivity contribution >= 4 is 33.5 Å². The Morgan fingerprint density at radius 1 is 1.35 bits per heavy atom. The Balaban J connectivity index is 2.84. The predicted molar refractivity (Wildman–Crippen MR) is 90.2 cm³/mol. The maximum atomic E-state index is 5.21. The average molecular weight is 362 g/mol. The SMILES string of the molecule is CCCNc1nc(CSCC(C)C)nc(COC)c1Br. The van der Waals surface area contributed by atoms with Crippen LogP contribution in [0.4, 0.5) is 5.82 Å². The highest BCUT2D eigenvalue weighted by atomic mass is 79.9. The van der Waals surface area contributed by atoms with Gasteiger partial charge in [0.25, 0.3) is 0 Å². The highest BCUT2D eigenvalue weighted by Gasteiger charge is 2.12. The molecule has 0 saturated heterocycles. The first-order valence-corrected chi connectivity index (χ1v) is 8.89. The van der Waals surface area contributed by atoms with Gasteiger partial charge in [-0.3, -0.25) is 0 Å². The van der Waals surface area contributed by atoms with Crippen LogP contribution in [0.2, 0.25) is 0 Å². The van der Waals surface area contributed by atoms with E-state index in [4.69, 9.17) is 4.74 Å². The highest BCUT2D eigenvalue weighted by Crippen LogP contribution is 2.25. The number of hydrogen-bond donors (Lipinski definition) is 1. The lowest BCUT2D eigenvalue weighted by Gasteiger charge is -2.12. The van der Waals surface area contributed by atoms with Crippen LogP contribution in [0.1, 0.15) is 38.7 Å². The van der Waals surface area contributed by atoms with Crippen LogP contribution in [0.5, 0.6) is 0 Å². The maximum absolute atomic E-state index is 5.21. The topological polar surface area (TPSA) is 47.0 Å². The molecule has 0 aliphatic carbocycles. The Hall–Kier alpha value is -0.330. The zero-order valence-corrected chi connectivity index (χ0v) is 15.1. The van der Waals surface area contributed by atoms with Crippen molar-refractivity contribution < 1.29 is 4.74 Å². The number of rotatable bonds is 9. The minimum absolute atomic E-state index is 0.492. The molecule has 1 aromatic rings. The van der Waals surface area contributed by atoms with Gasteiger partial charge in [-0.05, 0) is 34.0 Å². The predicted octanol–water partition coefficient (Wildman–Crippen LogP) is 4.10. The third kappa shape index (κ3) is 5.97. The summed E-state index contributed by atoms with van der Waals surface area (Å²) in [5.41, 5.74) is 0.904. The number of methoxy groups -OCH3 is 1. The molecule has 1 N–H and O–H groups in total. The Kier molecular flexibility index (Phi) is 8.49. The normalized spacial score (nSPS) is 11.1. The van der Waals surface area contributed by atoms with Gasteiger partial charge in [-0.15, -0.1) is 0 Å². The lowest BCUT2D eigenvalue weighted by molar-refractivity contribution is 0.180. The van der Waals surface area contributed by atoms with E-state index in [1.165, 1.54) is 0 Å². The molecule has 114 valence electrons. The number of anilines is 1. The number of aromatic nitrogens is 2. The minimum atomic E-state index is 0.492. The Morgan fingerprint density at radius 2 is 2.10 bits per heavy atom. The van der Waals surface area contributed by atoms with E-state index in [1.807, 2.05) is 11.8 Å². The van der Waals surface area contributed by atoms with E-state index in [1.54, 1.807) is 7.11 Å². The van der Waals surface area contributed by atoms with Crippen LogP contribution in [0.3, 0.4) is 0 Å². The highest BCUT2D eigenvalue weighted by molar-refractivity contribution is 9.10. The van der Waals surface area contributed by atoms with Crippen LogP contribution in [-0.2, 0) is 17.1 Å². The quantitative estimate of drug-likeness (QED) is 0.717. The largest absolute Gasteiger partial charge is 0.378 e. The lowest BCUT2D eigenvalue weighted by atomic mass is 10.3. The summed E-state index contributed by atoms with van der Waals surface area (Å²) >= 11 is 5.43. The van der Waals surface area contributed by atoms with Crippen LogP contribution < -0.4 is 5.32 Å².